The SMILES string of the molecule is COC(=O)c1c(C)[nH]c(C(=O)[C@@H](C)N(C)Cc2ccccc2F)c1C. The lowest BCUT2D eigenvalue weighted by atomic mass is 10.0. The van der Waals surface area contributed by atoms with E-state index < -0.39 is 12.0 Å². The Bertz CT molecular complexity index is 798. The number of hydrogen-bond acceptors (Lipinski definition) is 4. The van der Waals surface area contributed by atoms with E-state index in [9.17, 15) is 14.0 Å². The predicted octanol–water partition coefficient (Wildman–Crippen LogP) is 3.26. The second-order valence-electron chi connectivity index (χ2n) is 6.16. The van der Waals surface area contributed by atoms with Crippen molar-refractivity contribution in [1.29, 1.82) is 0 Å². The molecule has 1 N–H and O–H groups in total. The van der Waals surface area contributed by atoms with Gasteiger partial charge in [0.2, 0.25) is 0 Å². The standard InChI is InChI=1S/C19H23FN2O3/c1-11-16(19(24)25-5)12(2)21-17(11)18(23)13(3)22(4)10-14-8-6-7-9-15(14)20/h6-9,13,21H,10H2,1-5H3/t13-/m1/s1. The lowest BCUT2D eigenvalue weighted by molar-refractivity contribution is 0.0599. The molecule has 6 heteroatoms. The Balaban J connectivity index is 2.22. The van der Waals surface area contributed by atoms with Crippen LogP contribution in [0.4, 0.5) is 4.39 Å². The van der Waals surface area contributed by atoms with Crippen LogP contribution >= 0.6 is 0 Å². The van der Waals surface area contributed by atoms with Gasteiger partial charge in [-0.05, 0) is 39.4 Å². The molecule has 0 unspecified atom stereocenters. The van der Waals surface area contributed by atoms with Crippen LogP contribution in [-0.4, -0.2) is 41.8 Å². The molecule has 0 aliphatic carbocycles. The number of rotatable bonds is 6. The second-order valence-corrected chi connectivity index (χ2v) is 6.16. The van der Waals surface area contributed by atoms with Gasteiger partial charge in [0.05, 0.1) is 24.4 Å². The van der Waals surface area contributed by atoms with Gasteiger partial charge in [-0.1, -0.05) is 18.2 Å². The topological polar surface area (TPSA) is 62.4 Å². The maximum atomic E-state index is 13.8. The molecule has 0 aliphatic rings. The minimum atomic E-state index is -0.484. The number of methoxy groups -OCH3 is 1. The molecule has 0 radical (unpaired) electrons. The molecule has 0 saturated heterocycles. The molecule has 25 heavy (non-hydrogen) atoms. The van der Waals surface area contributed by atoms with Gasteiger partial charge in [-0.25, -0.2) is 9.18 Å². The van der Waals surface area contributed by atoms with E-state index in [1.165, 1.54) is 13.2 Å². The van der Waals surface area contributed by atoms with Gasteiger partial charge in [0.25, 0.3) is 0 Å². The lowest BCUT2D eigenvalue weighted by Crippen LogP contribution is -2.36. The maximum absolute atomic E-state index is 13.8. The van der Waals surface area contributed by atoms with Crippen molar-refractivity contribution in [3.05, 3.63) is 58.2 Å². The quantitative estimate of drug-likeness (QED) is 0.644. The number of aromatic amines is 1. The first kappa shape index (κ1) is 18.9. The number of ether oxygens (including phenoxy) is 1. The fourth-order valence-corrected chi connectivity index (χ4v) is 2.85. The van der Waals surface area contributed by atoms with Crippen molar-refractivity contribution in [2.45, 2.75) is 33.4 Å². The van der Waals surface area contributed by atoms with Crippen LogP contribution in [0.3, 0.4) is 0 Å². The van der Waals surface area contributed by atoms with Crippen LogP contribution in [0.5, 0.6) is 0 Å². The van der Waals surface area contributed by atoms with Crippen molar-refractivity contribution in [2.24, 2.45) is 0 Å². The number of carbonyl (C=O) groups is 2. The molecule has 5 nitrogen and oxygen atoms in total. The van der Waals surface area contributed by atoms with Gasteiger partial charge in [0.1, 0.15) is 5.82 Å². The third-order valence-electron chi connectivity index (χ3n) is 4.49. The fourth-order valence-electron chi connectivity index (χ4n) is 2.85. The number of aryl methyl sites for hydroxylation is 1. The monoisotopic (exact) mass is 346 g/mol. The van der Waals surface area contributed by atoms with Gasteiger partial charge in [0.15, 0.2) is 5.78 Å². The Morgan fingerprint density at radius 1 is 1.28 bits per heavy atom. The Morgan fingerprint density at radius 2 is 1.92 bits per heavy atom. The van der Waals surface area contributed by atoms with Crippen molar-refractivity contribution in [1.82, 2.24) is 9.88 Å². The van der Waals surface area contributed by atoms with Gasteiger partial charge < -0.3 is 9.72 Å². The highest BCUT2D eigenvalue weighted by Crippen LogP contribution is 2.21. The molecule has 0 amide bonds. The first-order valence-electron chi connectivity index (χ1n) is 8.03. The van der Waals surface area contributed by atoms with E-state index in [0.717, 1.165) is 0 Å². The number of halogens is 1. The van der Waals surface area contributed by atoms with Crippen molar-refractivity contribution >= 4 is 11.8 Å². The van der Waals surface area contributed by atoms with Crippen LogP contribution in [0, 0.1) is 19.7 Å². The molecule has 0 fully saturated rings. The van der Waals surface area contributed by atoms with Crippen LogP contribution in [-0.2, 0) is 11.3 Å². The fraction of sp³-hybridized carbons (Fsp3) is 0.368. The van der Waals surface area contributed by atoms with Gasteiger partial charge in [-0.2, -0.15) is 0 Å². The van der Waals surface area contributed by atoms with Gasteiger partial charge >= 0.3 is 5.97 Å². The maximum Gasteiger partial charge on any atom is 0.339 e. The Hall–Kier alpha value is -2.47. The first-order chi connectivity index (χ1) is 11.8. The number of nitrogens with zero attached hydrogens (tertiary/aromatic N) is 1. The van der Waals surface area contributed by atoms with Crippen LogP contribution in [0.1, 0.15) is 44.6 Å². The zero-order valence-corrected chi connectivity index (χ0v) is 15.1. The van der Waals surface area contributed by atoms with E-state index in [-0.39, 0.29) is 11.6 Å². The Labute approximate surface area is 146 Å². The van der Waals surface area contributed by atoms with Crippen LogP contribution in [0.2, 0.25) is 0 Å². The highest BCUT2D eigenvalue weighted by molar-refractivity contribution is 6.03. The highest BCUT2D eigenvalue weighted by atomic mass is 19.1. The smallest absolute Gasteiger partial charge is 0.339 e. The number of nitrogens with one attached hydrogen (secondary N) is 1. The van der Waals surface area contributed by atoms with Crippen molar-refractivity contribution in [3.8, 4) is 0 Å². The molecule has 1 aromatic heterocycles. The van der Waals surface area contributed by atoms with Crippen molar-refractivity contribution in [3.63, 3.8) is 0 Å². The molecule has 0 spiro atoms. The molecule has 2 aromatic rings. The molecule has 1 atom stereocenters. The minimum absolute atomic E-state index is 0.158. The zero-order chi connectivity index (χ0) is 18.7. The Kier molecular flexibility index (Phi) is 5.74. The normalized spacial score (nSPS) is 12.3. The summed E-state index contributed by atoms with van der Waals surface area (Å²) in [5.41, 5.74) is 2.46. The van der Waals surface area contributed by atoms with Crippen molar-refractivity contribution < 1.29 is 18.7 Å². The summed E-state index contributed by atoms with van der Waals surface area (Å²) in [6, 6.07) is 6.01. The second kappa shape index (κ2) is 7.61. The van der Waals surface area contributed by atoms with E-state index in [2.05, 4.69) is 4.98 Å². The number of benzene rings is 1. The van der Waals surface area contributed by atoms with Crippen LogP contribution in [0.15, 0.2) is 24.3 Å². The summed E-state index contributed by atoms with van der Waals surface area (Å²) in [6.07, 6.45) is 0. The number of aromatic nitrogens is 1. The summed E-state index contributed by atoms with van der Waals surface area (Å²) in [4.78, 5) is 29.5. The van der Waals surface area contributed by atoms with E-state index >= 15 is 0 Å². The lowest BCUT2D eigenvalue weighted by Gasteiger charge is -2.23. The zero-order valence-electron chi connectivity index (χ0n) is 15.1. The molecule has 1 aromatic carbocycles. The van der Waals surface area contributed by atoms with Crippen LogP contribution in [0.25, 0.3) is 0 Å². The Morgan fingerprint density at radius 3 is 2.52 bits per heavy atom. The average molecular weight is 346 g/mol. The molecule has 1 heterocycles. The molecule has 0 bridgehead atoms. The van der Waals surface area contributed by atoms with E-state index in [1.54, 1.807) is 50.9 Å². The number of H-pyrrole nitrogens is 1. The van der Waals surface area contributed by atoms with E-state index in [1.807, 2.05) is 0 Å². The third-order valence-corrected chi connectivity index (χ3v) is 4.49. The molecule has 134 valence electrons. The van der Waals surface area contributed by atoms with E-state index in [0.29, 0.717) is 34.6 Å². The predicted molar refractivity (Wildman–Crippen MR) is 93.3 cm³/mol. The summed E-state index contributed by atoms with van der Waals surface area (Å²) in [6.45, 7) is 5.51. The molecular formula is C19H23FN2O3. The van der Waals surface area contributed by atoms with Crippen LogP contribution < -0.4 is 0 Å². The summed E-state index contributed by atoms with van der Waals surface area (Å²) < 4.78 is 18.6. The number of hydrogen-bond donors (Lipinski definition) is 1. The van der Waals surface area contributed by atoms with Gasteiger partial charge in [0, 0.05) is 17.8 Å². The largest absolute Gasteiger partial charge is 0.465 e. The number of ketones is 1. The summed E-state index contributed by atoms with van der Waals surface area (Å²) in [5.74, 6) is -0.930. The number of likely N-dealkylation sites (N-methyl/N-ethyl adjacent to an activating group) is 1. The molecular weight excluding hydrogens is 323 g/mol. The summed E-state index contributed by atoms with van der Waals surface area (Å²) in [5, 5.41) is 0. The number of esters is 1. The molecule has 0 saturated carbocycles. The summed E-state index contributed by atoms with van der Waals surface area (Å²) in [7, 11) is 3.07. The average Bonchev–Trinajstić information content (AvgIpc) is 2.89. The van der Waals surface area contributed by atoms with Crippen molar-refractivity contribution in [2.75, 3.05) is 14.2 Å². The minimum Gasteiger partial charge on any atom is -0.465 e. The summed E-state index contributed by atoms with van der Waals surface area (Å²) >= 11 is 0. The van der Waals surface area contributed by atoms with Gasteiger partial charge in [-0.3, -0.25) is 9.69 Å². The molecule has 0 aliphatic heterocycles. The third kappa shape index (κ3) is 3.79. The van der Waals surface area contributed by atoms with E-state index in [4.69, 9.17) is 4.74 Å². The van der Waals surface area contributed by atoms with Gasteiger partial charge in [-0.15, -0.1) is 0 Å². The number of Topliss-reactive ketones (excluding diaryl/α,β-unsaturated/α-hetero) is 1. The number of carbonyl (C=O) groups excluding carboxylic acids is 2. The first-order valence-corrected chi connectivity index (χ1v) is 8.03. The highest BCUT2D eigenvalue weighted by Gasteiger charge is 2.27. The molecule has 2 rings (SSSR count).